The molecule has 0 aliphatic carbocycles. The van der Waals surface area contributed by atoms with Crippen LogP contribution < -0.4 is 4.43 Å². The normalized spacial score (nSPS) is 26.2. The molecule has 0 radical (unpaired) electrons. The number of fused-ring (bicyclic) bond motifs is 2. The third-order valence-electron chi connectivity index (χ3n) is 9.43. The summed E-state index contributed by atoms with van der Waals surface area (Å²) in [6.45, 7) is 16.0. The van der Waals surface area contributed by atoms with Gasteiger partial charge in [-0.2, -0.15) is 0 Å². The highest BCUT2D eigenvalue weighted by Crippen LogP contribution is 2.46. The predicted molar refractivity (Wildman–Crippen MR) is 156 cm³/mol. The Hall–Kier alpha value is -1.66. The van der Waals surface area contributed by atoms with Gasteiger partial charge in [0.05, 0.1) is 11.7 Å². The van der Waals surface area contributed by atoms with Crippen LogP contribution >= 0.6 is 0 Å². The molecule has 2 aliphatic rings. The van der Waals surface area contributed by atoms with E-state index in [1.807, 2.05) is 30.3 Å². The lowest BCUT2D eigenvalue weighted by atomic mass is 9.80. The summed E-state index contributed by atoms with van der Waals surface area (Å²) in [7, 11) is -2.01. The summed E-state index contributed by atoms with van der Waals surface area (Å²) in [5, 5.41) is 22.9. The lowest BCUT2D eigenvalue weighted by Crippen LogP contribution is -2.55. The van der Waals surface area contributed by atoms with Crippen molar-refractivity contribution in [1.82, 2.24) is 4.90 Å². The van der Waals surface area contributed by atoms with Crippen LogP contribution in [0.5, 0.6) is 5.75 Å². The number of aliphatic hydroxyl groups excluding tert-OH is 1. The van der Waals surface area contributed by atoms with E-state index in [4.69, 9.17) is 4.43 Å². The largest absolute Gasteiger partial charge is 0.543 e. The van der Waals surface area contributed by atoms with Crippen molar-refractivity contribution in [2.45, 2.75) is 127 Å². The van der Waals surface area contributed by atoms with Crippen molar-refractivity contribution < 1.29 is 14.6 Å². The smallest absolute Gasteiger partial charge is 0.258 e. The summed E-state index contributed by atoms with van der Waals surface area (Å²) < 4.78 is 6.83. The van der Waals surface area contributed by atoms with Gasteiger partial charge < -0.3 is 14.6 Å². The fourth-order valence-corrected chi connectivity index (χ4v) is 13.1. The topological polar surface area (TPSA) is 52.9 Å². The minimum Gasteiger partial charge on any atom is -0.543 e. The lowest BCUT2D eigenvalue weighted by molar-refractivity contribution is -0.0798. The van der Waals surface area contributed by atoms with Crippen molar-refractivity contribution in [2.24, 2.45) is 0 Å². The molecule has 2 aliphatic heterocycles. The van der Waals surface area contributed by atoms with Crippen LogP contribution in [0, 0.1) is 0 Å². The van der Waals surface area contributed by atoms with Gasteiger partial charge in [-0.1, -0.05) is 84.0 Å². The van der Waals surface area contributed by atoms with Crippen molar-refractivity contribution in [3.8, 4) is 5.75 Å². The van der Waals surface area contributed by atoms with E-state index in [9.17, 15) is 10.2 Å². The highest BCUT2D eigenvalue weighted by molar-refractivity contribution is 6.78. The second-order valence-electron chi connectivity index (χ2n) is 12.8. The molecule has 2 N–H and O–H groups in total. The highest BCUT2D eigenvalue weighted by atomic mass is 28.4. The van der Waals surface area contributed by atoms with Crippen LogP contribution in [-0.4, -0.2) is 47.2 Å². The molecule has 0 saturated carbocycles. The molecular weight excluding hydrogens is 474 g/mol. The van der Waals surface area contributed by atoms with Gasteiger partial charge in [0, 0.05) is 24.5 Å². The fraction of sp³-hybridized carbons (Fsp3) is 0.625. The number of rotatable bonds is 10. The number of piperidine rings is 1. The Morgan fingerprint density at radius 3 is 1.84 bits per heavy atom. The Kier molecular flexibility index (Phi) is 8.59. The quantitative estimate of drug-likeness (QED) is 0.322. The van der Waals surface area contributed by atoms with E-state index in [1.165, 1.54) is 5.56 Å². The number of nitrogens with zero attached hydrogens (tertiary/aromatic N) is 1. The number of hydrogen-bond acceptors (Lipinski definition) is 4. The maximum absolute atomic E-state index is 11.5. The molecule has 2 fully saturated rings. The molecule has 37 heavy (non-hydrogen) atoms. The Bertz CT molecular complexity index is 971. The molecular formula is C32H49NO3Si. The summed E-state index contributed by atoms with van der Waals surface area (Å²) >= 11 is 0. The number of aliphatic hydroxyl groups is 2. The first-order chi connectivity index (χ1) is 17.5. The van der Waals surface area contributed by atoms with Crippen molar-refractivity contribution >= 4 is 8.32 Å². The van der Waals surface area contributed by atoms with E-state index < -0.39 is 20.0 Å². The zero-order valence-corrected chi connectivity index (χ0v) is 25.0. The molecule has 4 atom stereocenters. The van der Waals surface area contributed by atoms with Crippen molar-refractivity contribution in [2.75, 3.05) is 0 Å². The second kappa shape index (κ2) is 11.2. The van der Waals surface area contributed by atoms with Gasteiger partial charge >= 0.3 is 0 Å². The Labute approximate surface area is 226 Å². The standard InChI is InChI=1S/C32H49NO3Si/c1-22(2)37(23(3)4,24(5)6)36-30-17-13-27(14-18-30)31(34)25(7)33-28-15-16-29(33)21-32(35,20-28)19-26-11-9-8-10-12-26/h8-14,17-18,22-25,28-29,31,34-35H,15-16,19-21H2,1-7H3/t25-,28?,29?,31-,32?/m1/s1. The number of benzene rings is 2. The summed E-state index contributed by atoms with van der Waals surface area (Å²) in [6, 6.07) is 19.2. The Morgan fingerprint density at radius 2 is 1.35 bits per heavy atom. The summed E-state index contributed by atoms with van der Waals surface area (Å²) in [5.74, 6) is 0.926. The maximum atomic E-state index is 11.5. The summed E-state index contributed by atoms with van der Waals surface area (Å²) in [6.07, 6.45) is 3.87. The van der Waals surface area contributed by atoms with Gasteiger partial charge in [-0.3, -0.25) is 4.90 Å². The fourth-order valence-electron chi connectivity index (χ4n) is 7.87. The van der Waals surface area contributed by atoms with E-state index in [-0.39, 0.29) is 6.04 Å². The van der Waals surface area contributed by atoms with E-state index in [2.05, 4.69) is 77.6 Å². The molecule has 2 unspecified atom stereocenters. The molecule has 2 bridgehead atoms. The molecule has 204 valence electrons. The van der Waals surface area contributed by atoms with Crippen LogP contribution in [0.2, 0.25) is 16.6 Å². The van der Waals surface area contributed by atoms with Crippen molar-refractivity contribution in [1.29, 1.82) is 0 Å². The zero-order chi connectivity index (χ0) is 27.0. The van der Waals surface area contributed by atoms with Crippen LogP contribution in [-0.2, 0) is 6.42 Å². The minimum atomic E-state index is -2.01. The van der Waals surface area contributed by atoms with Crippen LogP contribution in [0.1, 0.15) is 91.4 Å². The second-order valence-corrected chi connectivity index (χ2v) is 18.2. The van der Waals surface area contributed by atoms with Gasteiger partial charge in [0.25, 0.3) is 8.32 Å². The van der Waals surface area contributed by atoms with Crippen LogP contribution in [0.3, 0.4) is 0 Å². The molecule has 2 aromatic carbocycles. The van der Waals surface area contributed by atoms with Crippen molar-refractivity contribution in [3.63, 3.8) is 0 Å². The minimum absolute atomic E-state index is 0.000927. The van der Waals surface area contributed by atoms with Gasteiger partial charge in [-0.25, -0.2) is 0 Å². The van der Waals surface area contributed by atoms with E-state index in [0.717, 1.165) is 37.0 Å². The first kappa shape index (κ1) is 28.3. The van der Waals surface area contributed by atoms with Gasteiger partial charge in [-0.15, -0.1) is 0 Å². The SMILES string of the molecule is CC(C)[Si](Oc1ccc([C@H](O)[C@@H](C)N2C3CCC2CC(O)(Cc2ccccc2)C3)cc1)(C(C)C)C(C)C. The Morgan fingerprint density at radius 1 is 0.838 bits per heavy atom. The van der Waals surface area contributed by atoms with Crippen LogP contribution in [0.25, 0.3) is 0 Å². The third kappa shape index (κ3) is 5.70. The van der Waals surface area contributed by atoms with E-state index in [1.54, 1.807) is 0 Å². The monoisotopic (exact) mass is 523 g/mol. The molecule has 0 aromatic heterocycles. The zero-order valence-electron chi connectivity index (χ0n) is 24.0. The lowest BCUT2D eigenvalue weighted by Gasteiger charge is -2.47. The summed E-state index contributed by atoms with van der Waals surface area (Å²) in [4.78, 5) is 2.50. The van der Waals surface area contributed by atoms with Crippen LogP contribution in [0.15, 0.2) is 54.6 Å². The molecule has 2 heterocycles. The molecule has 2 aromatic rings. The predicted octanol–water partition coefficient (Wildman–Crippen LogP) is 7.26. The summed E-state index contributed by atoms with van der Waals surface area (Å²) in [5.41, 5.74) is 3.05. The third-order valence-corrected chi connectivity index (χ3v) is 15.4. The van der Waals surface area contributed by atoms with E-state index in [0.29, 0.717) is 35.1 Å². The number of hydrogen-bond donors (Lipinski definition) is 2. The first-order valence-electron chi connectivity index (χ1n) is 14.5. The molecule has 0 amide bonds. The van der Waals surface area contributed by atoms with Gasteiger partial charge in [-0.05, 0) is 72.5 Å². The average Bonchev–Trinajstić information content (AvgIpc) is 3.13. The van der Waals surface area contributed by atoms with Gasteiger partial charge in [0.15, 0.2) is 0 Å². The molecule has 5 heteroatoms. The Balaban J connectivity index is 1.44. The van der Waals surface area contributed by atoms with Crippen molar-refractivity contribution in [3.05, 3.63) is 65.7 Å². The molecule has 0 spiro atoms. The van der Waals surface area contributed by atoms with Crippen LogP contribution in [0.4, 0.5) is 0 Å². The van der Waals surface area contributed by atoms with E-state index >= 15 is 0 Å². The molecule has 4 rings (SSSR count). The highest BCUT2D eigenvalue weighted by Gasteiger charge is 2.50. The molecule has 4 nitrogen and oxygen atoms in total. The van der Waals surface area contributed by atoms with Gasteiger partial charge in [0.1, 0.15) is 5.75 Å². The molecule has 2 saturated heterocycles. The average molecular weight is 524 g/mol. The maximum Gasteiger partial charge on any atom is 0.258 e. The first-order valence-corrected chi connectivity index (χ1v) is 16.6. The van der Waals surface area contributed by atoms with Gasteiger partial charge in [0.2, 0.25) is 0 Å².